The summed E-state index contributed by atoms with van der Waals surface area (Å²) in [5, 5.41) is 8.62. The predicted molar refractivity (Wildman–Crippen MR) is 89.7 cm³/mol. The molecular formula is C18H12F3N3O2. The zero-order valence-electron chi connectivity index (χ0n) is 13.2. The number of anilines is 1. The molecule has 0 aliphatic carbocycles. The summed E-state index contributed by atoms with van der Waals surface area (Å²) >= 11 is 0. The van der Waals surface area contributed by atoms with Crippen molar-refractivity contribution in [2.45, 2.75) is 6.18 Å². The van der Waals surface area contributed by atoms with Gasteiger partial charge in [0, 0.05) is 17.3 Å². The van der Waals surface area contributed by atoms with E-state index in [0.717, 1.165) is 12.1 Å². The normalized spacial score (nSPS) is 11.2. The average molecular weight is 359 g/mol. The van der Waals surface area contributed by atoms with Crippen molar-refractivity contribution in [3.05, 3.63) is 82.1 Å². The summed E-state index contributed by atoms with van der Waals surface area (Å²) in [6.07, 6.45) is -4.63. The minimum absolute atomic E-state index is 0.303. The number of halogens is 3. The van der Waals surface area contributed by atoms with Gasteiger partial charge in [-0.3, -0.25) is 9.59 Å². The van der Waals surface area contributed by atoms with Gasteiger partial charge in [0.15, 0.2) is 0 Å². The number of nitrogens with zero attached hydrogens (tertiary/aromatic N) is 1. The summed E-state index contributed by atoms with van der Waals surface area (Å²) < 4.78 is 39.1. The molecule has 0 unspecified atom stereocenters. The number of alkyl halides is 3. The molecule has 0 aliphatic heterocycles. The van der Waals surface area contributed by atoms with E-state index in [0.29, 0.717) is 16.9 Å². The van der Waals surface area contributed by atoms with E-state index >= 15 is 0 Å². The fourth-order valence-electron chi connectivity index (χ4n) is 2.39. The Kier molecular flexibility index (Phi) is 4.57. The van der Waals surface area contributed by atoms with Crippen LogP contribution in [0.4, 0.5) is 18.9 Å². The number of carbonyl (C=O) groups is 1. The number of benzene rings is 2. The minimum atomic E-state index is -4.63. The molecule has 2 aromatic carbocycles. The lowest BCUT2D eigenvalue weighted by molar-refractivity contribution is -0.137. The summed E-state index contributed by atoms with van der Waals surface area (Å²) in [5.74, 6) is -0.871. The number of nitrogens with one attached hydrogen (secondary N) is 2. The van der Waals surface area contributed by atoms with E-state index < -0.39 is 23.2 Å². The van der Waals surface area contributed by atoms with Crippen molar-refractivity contribution in [3.63, 3.8) is 0 Å². The molecular weight excluding hydrogens is 347 g/mol. The van der Waals surface area contributed by atoms with Gasteiger partial charge in [-0.05, 0) is 30.3 Å². The Morgan fingerprint density at radius 3 is 2.46 bits per heavy atom. The Morgan fingerprint density at radius 1 is 1.00 bits per heavy atom. The highest BCUT2D eigenvalue weighted by atomic mass is 19.4. The van der Waals surface area contributed by atoms with Gasteiger partial charge in [0.1, 0.15) is 0 Å². The Hall–Kier alpha value is -3.42. The highest BCUT2D eigenvalue weighted by Crippen LogP contribution is 2.32. The van der Waals surface area contributed by atoms with Gasteiger partial charge < -0.3 is 5.32 Å². The molecule has 0 bridgehead atoms. The number of hydrogen-bond acceptors (Lipinski definition) is 3. The van der Waals surface area contributed by atoms with Gasteiger partial charge in [-0.25, -0.2) is 5.10 Å². The van der Waals surface area contributed by atoms with E-state index in [1.165, 1.54) is 24.3 Å². The average Bonchev–Trinajstić information content (AvgIpc) is 2.62. The van der Waals surface area contributed by atoms with Crippen LogP contribution in [0.2, 0.25) is 0 Å². The van der Waals surface area contributed by atoms with Crippen LogP contribution in [0.15, 0.2) is 65.5 Å². The van der Waals surface area contributed by atoms with Gasteiger partial charge in [0.25, 0.3) is 11.5 Å². The highest BCUT2D eigenvalue weighted by Gasteiger charge is 2.34. The first kappa shape index (κ1) is 17.4. The van der Waals surface area contributed by atoms with Crippen LogP contribution >= 0.6 is 0 Å². The minimum Gasteiger partial charge on any atom is -0.322 e. The molecule has 8 heteroatoms. The zero-order chi connectivity index (χ0) is 18.7. The van der Waals surface area contributed by atoms with Crippen molar-refractivity contribution in [2.24, 2.45) is 0 Å². The van der Waals surface area contributed by atoms with Crippen LogP contribution in [0.5, 0.6) is 0 Å². The molecule has 1 heterocycles. The lowest BCUT2D eigenvalue weighted by atomic mass is 10.1. The third kappa shape index (κ3) is 3.80. The van der Waals surface area contributed by atoms with Gasteiger partial charge in [-0.15, -0.1) is 0 Å². The largest absolute Gasteiger partial charge is 0.417 e. The fraction of sp³-hybridized carbons (Fsp3) is 0.0556. The molecule has 0 atom stereocenters. The molecule has 132 valence electrons. The topological polar surface area (TPSA) is 74.8 Å². The van der Waals surface area contributed by atoms with Crippen molar-refractivity contribution in [3.8, 4) is 11.3 Å². The quantitative estimate of drug-likeness (QED) is 0.749. The molecule has 0 spiro atoms. The molecule has 0 radical (unpaired) electrons. The first-order valence-electron chi connectivity index (χ1n) is 7.48. The second-order valence-electron chi connectivity index (χ2n) is 5.38. The number of rotatable bonds is 3. The van der Waals surface area contributed by atoms with Gasteiger partial charge in [0.05, 0.1) is 16.8 Å². The molecule has 1 amide bonds. The first-order valence-corrected chi connectivity index (χ1v) is 7.48. The van der Waals surface area contributed by atoms with E-state index in [-0.39, 0.29) is 5.56 Å². The maximum absolute atomic E-state index is 13.0. The van der Waals surface area contributed by atoms with Crippen LogP contribution in [-0.2, 0) is 6.18 Å². The number of hydrogen-bond donors (Lipinski definition) is 2. The second-order valence-corrected chi connectivity index (χ2v) is 5.38. The van der Waals surface area contributed by atoms with E-state index in [4.69, 9.17) is 0 Å². The SMILES string of the molecule is O=C(Nc1cccc(-c2ccc(=O)[nH]n2)c1)c1ccccc1C(F)(F)F. The van der Waals surface area contributed by atoms with Gasteiger partial charge >= 0.3 is 6.18 Å². The van der Waals surface area contributed by atoms with E-state index in [9.17, 15) is 22.8 Å². The van der Waals surface area contributed by atoms with E-state index in [1.807, 2.05) is 0 Å². The predicted octanol–water partition coefficient (Wildman–Crippen LogP) is 3.71. The molecule has 26 heavy (non-hydrogen) atoms. The van der Waals surface area contributed by atoms with Crippen molar-refractivity contribution in [1.29, 1.82) is 0 Å². The van der Waals surface area contributed by atoms with Crippen LogP contribution in [0.25, 0.3) is 11.3 Å². The molecule has 3 aromatic rings. The Bertz CT molecular complexity index is 992. The van der Waals surface area contributed by atoms with Gasteiger partial charge in [-0.1, -0.05) is 24.3 Å². The molecule has 0 saturated carbocycles. The third-order valence-electron chi connectivity index (χ3n) is 3.57. The summed E-state index contributed by atoms with van der Waals surface area (Å²) in [5.41, 5.74) is -0.484. The van der Waals surface area contributed by atoms with Crippen molar-refractivity contribution in [2.75, 3.05) is 5.32 Å². The van der Waals surface area contributed by atoms with Gasteiger partial charge in [0.2, 0.25) is 0 Å². The van der Waals surface area contributed by atoms with Crippen molar-refractivity contribution >= 4 is 11.6 Å². The molecule has 1 aromatic heterocycles. The molecule has 0 aliphatic rings. The van der Waals surface area contributed by atoms with Crippen LogP contribution in [0, 0.1) is 0 Å². The number of aromatic amines is 1. The number of H-pyrrole nitrogens is 1. The summed E-state index contributed by atoms with van der Waals surface area (Å²) in [4.78, 5) is 23.4. The summed E-state index contributed by atoms with van der Waals surface area (Å²) in [6.45, 7) is 0. The maximum atomic E-state index is 13.0. The maximum Gasteiger partial charge on any atom is 0.417 e. The van der Waals surface area contributed by atoms with Crippen molar-refractivity contribution in [1.82, 2.24) is 10.2 Å². The Morgan fingerprint density at radius 2 is 1.77 bits per heavy atom. The van der Waals surface area contributed by atoms with Crippen LogP contribution in [0.3, 0.4) is 0 Å². The molecule has 0 saturated heterocycles. The van der Waals surface area contributed by atoms with Crippen molar-refractivity contribution < 1.29 is 18.0 Å². The number of amides is 1. The third-order valence-corrected chi connectivity index (χ3v) is 3.57. The van der Waals surface area contributed by atoms with Gasteiger partial charge in [-0.2, -0.15) is 18.3 Å². The fourth-order valence-corrected chi connectivity index (χ4v) is 2.39. The molecule has 5 nitrogen and oxygen atoms in total. The summed E-state index contributed by atoms with van der Waals surface area (Å²) in [7, 11) is 0. The van der Waals surface area contributed by atoms with Crippen LogP contribution in [0.1, 0.15) is 15.9 Å². The lowest BCUT2D eigenvalue weighted by Crippen LogP contribution is -2.18. The lowest BCUT2D eigenvalue weighted by Gasteiger charge is -2.13. The smallest absolute Gasteiger partial charge is 0.322 e. The number of aromatic nitrogens is 2. The molecule has 0 fully saturated rings. The molecule has 2 N–H and O–H groups in total. The Balaban J connectivity index is 1.88. The Labute approximate surface area is 145 Å². The van der Waals surface area contributed by atoms with E-state index in [1.54, 1.807) is 24.3 Å². The van der Waals surface area contributed by atoms with Crippen LogP contribution in [-0.4, -0.2) is 16.1 Å². The second kappa shape index (κ2) is 6.83. The van der Waals surface area contributed by atoms with E-state index in [2.05, 4.69) is 15.5 Å². The standard InChI is InChI=1S/C18H12F3N3O2/c19-18(20,21)14-7-2-1-6-13(14)17(26)22-12-5-3-4-11(10-12)15-8-9-16(25)24-23-15/h1-10H,(H,22,26)(H,24,25). The number of carbonyl (C=O) groups excluding carboxylic acids is 1. The first-order chi connectivity index (χ1) is 12.3. The highest BCUT2D eigenvalue weighted by molar-refractivity contribution is 6.05. The molecule has 3 rings (SSSR count). The monoisotopic (exact) mass is 359 g/mol. The summed E-state index contributed by atoms with van der Waals surface area (Å²) in [6, 6.07) is 13.8. The zero-order valence-corrected chi connectivity index (χ0v) is 13.2. The van der Waals surface area contributed by atoms with Crippen LogP contribution < -0.4 is 10.9 Å².